The summed E-state index contributed by atoms with van der Waals surface area (Å²) in [4.78, 5) is 24.8. The number of para-hydroxylation sites is 1. The third kappa shape index (κ3) is 5.44. The topological polar surface area (TPSA) is 67.4 Å². The molecule has 2 amide bonds. The van der Waals surface area contributed by atoms with E-state index in [9.17, 15) is 14.0 Å². The first-order chi connectivity index (χ1) is 14.5. The third-order valence-electron chi connectivity index (χ3n) is 4.56. The van der Waals surface area contributed by atoms with E-state index in [1.165, 1.54) is 24.3 Å². The fourth-order valence-electron chi connectivity index (χ4n) is 2.86. The fourth-order valence-corrected chi connectivity index (χ4v) is 2.86. The molecule has 0 aromatic heterocycles. The van der Waals surface area contributed by atoms with Crippen LogP contribution >= 0.6 is 0 Å². The highest BCUT2D eigenvalue weighted by molar-refractivity contribution is 6.04. The van der Waals surface area contributed by atoms with Crippen molar-refractivity contribution in [1.29, 1.82) is 0 Å². The number of anilines is 2. The van der Waals surface area contributed by atoms with Crippen molar-refractivity contribution in [3.8, 4) is 5.75 Å². The van der Waals surface area contributed by atoms with E-state index >= 15 is 0 Å². The number of nitrogens with one attached hydrogen (secondary N) is 2. The van der Waals surface area contributed by atoms with Crippen LogP contribution in [0.5, 0.6) is 5.75 Å². The van der Waals surface area contributed by atoms with Crippen LogP contribution in [-0.4, -0.2) is 17.9 Å². The average Bonchev–Trinajstić information content (AvgIpc) is 2.76. The number of hydrogen-bond acceptors (Lipinski definition) is 3. The Labute approximate surface area is 174 Å². The van der Waals surface area contributed by atoms with E-state index in [1.807, 2.05) is 31.2 Å². The molecule has 5 nitrogen and oxygen atoms in total. The van der Waals surface area contributed by atoms with Crippen molar-refractivity contribution in [3.05, 3.63) is 89.7 Å². The van der Waals surface area contributed by atoms with Gasteiger partial charge >= 0.3 is 0 Å². The zero-order valence-electron chi connectivity index (χ0n) is 16.8. The summed E-state index contributed by atoms with van der Waals surface area (Å²) in [7, 11) is 0. The lowest BCUT2D eigenvalue weighted by Gasteiger charge is -2.15. The monoisotopic (exact) mass is 406 g/mol. The number of aryl methyl sites for hydroxylation is 1. The van der Waals surface area contributed by atoms with Gasteiger partial charge in [0.15, 0.2) is 6.10 Å². The zero-order valence-corrected chi connectivity index (χ0v) is 16.8. The number of hydrogen-bond donors (Lipinski definition) is 2. The summed E-state index contributed by atoms with van der Waals surface area (Å²) in [6.07, 6.45) is 0.0485. The summed E-state index contributed by atoms with van der Waals surface area (Å²) in [5, 5.41) is 5.58. The molecule has 0 unspecified atom stereocenters. The molecule has 3 rings (SSSR count). The molecular formula is C24H23FN2O3. The van der Waals surface area contributed by atoms with Crippen molar-refractivity contribution in [3.63, 3.8) is 0 Å². The van der Waals surface area contributed by atoms with Gasteiger partial charge < -0.3 is 15.4 Å². The molecule has 0 aliphatic carbocycles. The molecule has 0 heterocycles. The van der Waals surface area contributed by atoms with Gasteiger partial charge in [0.05, 0.1) is 0 Å². The van der Waals surface area contributed by atoms with Crippen molar-refractivity contribution < 1.29 is 18.7 Å². The third-order valence-corrected chi connectivity index (χ3v) is 4.56. The number of benzene rings is 3. The number of ether oxygens (including phenoxy) is 1. The van der Waals surface area contributed by atoms with Crippen molar-refractivity contribution in [1.82, 2.24) is 0 Å². The van der Waals surface area contributed by atoms with Crippen LogP contribution in [0.2, 0.25) is 0 Å². The predicted molar refractivity (Wildman–Crippen MR) is 115 cm³/mol. The Balaban J connectivity index is 1.58. The lowest BCUT2D eigenvalue weighted by atomic mass is 10.1. The van der Waals surface area contributed by atoms with Crippen LogP contribution in [0, 0.1) is 5.82 Å². The second-order valence-corrected chi connectivity index (χ2v) is 6.75. The van der Waals surface area contributed by atoms with Crippen molar-refractivity contribution in [2.75, 3.05) is 10.6 Å². The Morgan fingerprint density at radius 1 is 0.933 bits per heavy atom. The van der Waals surface area contributed by atoms with E-state index in [4.69, 9.17) is 4.74 Å². The van der Waals surface area contributed by atoms with E-state index in [1.54, 1.807) is 31.2 Å². The summed E-state index contributed by atoms with van der Waals surface area (Å²) >= 11 is 0. The quantitative estimate of drug-likeness (QED) is 0.577. The molecule has 0 aliphatic rings. The van der Waals surface area contributed by atoms with Gasteiger partial charge in [-0.25, -0.2) is 4.39 Å². The summed E-state index contributed by atoms with van der Waals surface area (Å²) in [5.74, 6) is -0.494. The van der Waals surface area contributed by atoms with Crippen LogP contribution in [0.4, 0.5) is 15.8 Å². The number of carbonyl (C=O) groups is 2. The fraction of sp³-hybridized carbons (Fsp3) is 0.167. The van der Waals surface area contributed by atoms with Crippen LogP contribution in [0.15, 0.2) is 72.8 Å². The number of carbonyl (C=O) groups excluding carboxylic acids is 2. The van der Waals surface area contributed by atoms with Gasteiger partial charge in [0.2, 0.25) is 0 Å². The van der Waals surface area contributed by atoms with Gasteiger partial charge in [-0.1, -0.05) is 25.1 Å². The molecule has 0 spiro atoms. The van der Waals surface area contributed by atoms with Gasteiger partial charge in [0, 0.05) is 16.9 Å². The summed E-state index contributed by atoms with van der Waals surface area (Å²) < 4.78 is 18.6. The molecule has 3 aromatic rings. The molecule has 3 aromatic carbocycles. The molecule has 0 fully saturated rings. The van der Waals surface area contributed by atoms with E-state index in [-0.39, 0.29) is 17.6 Å². The van der Waals surface area contributed by atoms with Gasteiger partial charge in [-0.05, 0) is 73.5 Å². The number of amides is 2. The molecule has 0 bridgehead atoms. The molecule has 154 valence electrons. The minimum Gasteiger partial charge on any atom is -0.481 e. The maximum absolute atomic E-state index is 13.0. The van der Waals surface area contributed by atoms with Crippen LogP contribution in [-0.2, 0) is 11.2 Å². The van der Waals surface area contributed by atoms with Gasteiger partial charge in [-0.2, -0.15) is 0 Å². The van der Waals surface area contributed by atoms with Crippen LogP contribution < -0.4 is 15.4 Å². The first-order valence-electron chi connectivity index (χ1n) is 9.68. The standard InChI is InChI=1S/C24H23FN2O3/c1-3-17-6-4-5-7-22(17)27-24(29)18-8-14-21(15-9-18)30-16(2)23(28)26-20-12-10-19(25)11-13-20/h4-16H,3H2,1-2H3,(H,26,28)(H,27,29)/t16-/m1/s1. The zero-order chi connectivity index (χ0) is 21.5. The Morgan fingerprint density at radius 3 is 2.27 bits per heavy atom. The van der Waals surface area contributed by atoms with Crippen molar-refractivity contribution >= 4 is 23.2 Å². The lowest BCUT2D eigenvalue weighted by Crippen LogP contribution is -2.30. The molecule has 2 N–H and O–H groups in total. The highest BCUT2D eigenvalue weighted by Crippen LogP contribution is 2.19. The van der Waals surface area contributed by atoms with Crippen LogP contribution in [0.3, 0.4) is 0 Å². The molecule has 0 radical (unpaired) electrons. The van der Waals surface area contributed by atoms with Crippen molar-refractivity contribution in [2.45, 2.75) is 26.4 Å². The van der Waals surface area contributed by atoms with Crippen molar-refractivity contribution in [2.24, 2.45) is 0 Å². The van der Waals surface area contributed by atoms with Gasteiger partial charge in [0.25, 0.3) is 11.8 Å². The molecule has 0 saturated carbocycles. The normalized spacial score (nSPS) is 11.4. The maximum Gasteiger partial charge on any atom is 0.265 e. The number of halogens is 1. The molecular weight excluding hydrogens is 383 g/mol. The first kappa shape index (κ1) is 21.0. The Kier molecular flexibility index (Phi) is 6.80. The summed E-state index contributed by atoms with van der Waals surface area (Å²) in [5.41, 5.74) is 2.82. The Morgan fingerprint density at radius 2 is 1.60 bits per heavy atom. The minimum atomic E-state index is -0.772. The van der Waals surface area contributed by atoms with E-state index < -0.39 is 6.10 Å². The predicted octanol–water partition coefficient (Wildman–Crippen LogP) is 5.05. The maximum atomic E-state index is 13.0. The molecule has 6 heteroatoms. The highest BCUT2D eigenvalue weighted by Gasteiger charge is 2.15. The second kappa shape index (κ2) is 9.69. The number of rotatable bonds is 7. The van der Waals surface area contributed by atoms with Gasteiger partial charge in [-0.15, -0.1) is 0 Å². The average molecular weight is 406 g/mol. The second-order valence-electron chi connectivity index (χ2n) is 6.75. The summed E-state index contributed by atoms with van der Waals surface area (Å²) in [6, 6.07) is 19.7. The lowest BCUT2D eigenvalue weighted by molar-refractivity contribution is -0.122. The molecule has 0 saturated heterocycles. The smallest absolute Gasteiger partial charge is 0.265 e. The highest BCUT2D eigenvalue weighted by atomic mass is 19.1. The van der Waals surface area contributed by atoms with Crippen LogP contribution in [0.25, 0.3) is 0 Å². The van der Waals surface area contributed by atoms with Gasteiger partial charge in [-0.3, -0.25) is 9.59 Å². The Bertz CT molecular complexity index is 1020. The first-order valence-corrected chi connectivity index (χ1v) is 9.68. The molecule has 1 atom stereocenters. The molecule has 30 heavy (non-hydrogen) atoms. The van der Waals surface area contributed by atoms with E-state index in [0.717, 1.165) is 17.7 Å². The minimum absolute atomic E-state index is 0.218. The Hall–Kier alpha value is -3.67. The van der Waals surface area contributed by atoms with E-state index in [0.29, 0.717) is 17.0 Å². The van der Waals surface area contributed by atoms with E-state index in [2.05, 4.69) is 10.6 Å². The summed E-state index contributed by atoms with van der Waals surface area (Å²) in [6.45, 7) is 3.64. The molecule has 0 aliphatic heterocycles. The SMILES string of the molecule is CCc1ccccc1NC(=O)c1ccc(O[C@H](C)C(=O)Nc2ccc(F)cc2)cc1. The van der Waals surface area contributed by atoms with Crippen LogP contribution in [0.1, 0.15) is 29.8 Å². The largest absolute Gasteiger partial charge is 0.481 e. The van der Waals surface area contributed by atoms with Gasteiger partial charge in [0.1, 0.15) is 11.6 Å².